The molecule has 1 fully saturated rings. The van der Waals surface area contributed by atoms with Gasteiger partial charge in [-0.15, -0.1) is 0 Å². The molecule has 2 amide bonds. The van der Waals surface area contributed by atoms with E-state index in [1.165, 1.54) is 0 Å². The molecule has 0 aliphatic carbocycles. The van der Waals surface area contributed by atoms with Gasteiger partial charge >= 0.3 is 0 Å². The van der Waals surface area contributed by atoms with Crippen LogP contribution in [0.5, 0.6) is 0 Å². The Kier molecular flexibility index (Phi) is 5.91. The Hall–Kier alpha value is -2.37. The summed E-state index contributed by atoms with van der Waals surface area (Å²) < 4.78 is 0. The Morgan fingerprint density at radius 2 is 2.04 bits per heavy atom. The highest BCUT2D eigenvalue weighted by Crippen LogP contribution is 2.24. The zero-order valence-corrected chi connectivity index (χ0v) is 15.5. The minimum atomic E-state index is -0.0978. The lowest BCUT2D eigenvalue weighted by Gasteiger charge is -2.18. The highest BCUT2D eigenvalue weighted by molar-refractivity contribution is 6.30. The summed E-state index contributed by atoms with van der Waals surface area (Å²) in [4.78, 5) is 27.9. The number of nitrogens with zero attached hydrogens (tertiary/aromatic N) is 2. The normalized spacial score (nSPS) is 14.1. The molecule has 6 heteroatoms. The molecule has 5 nitrogen and oxygen atoms in total. The van der Waals surface area contributed by atoms with Crippen molar-refractivity contribution >= 4 is 34.8 Å². The van der Waals surface area contributed by atoms with Gasteiger partial charge in [-0.2, -0.15) is 0 Å². The standard InChI is InChI=1S/C20H22ClN3O2/c1-23(13-15-5-2-6-16(21)11-15)14-19(25)22-17-7-3-8-18(12-17)24-10-4-9-20(24)26/h2-3,5-8,11-12H,4,9-10,13-14H2,1H3,(H,22,25). The van der Waals surface area contributed by atoms with Crippen molar-refractivity contribution in [3.63, 3.8) is 0 Å². The Morgan fingerprint density at radius 3 is 2.77 bits per heavy atom. The van der Waals surface area contributed by atoms with Gasteiger partial charge in [0.05, 0.1) is 6.54 Å². The number of hydrogen-bond acceptors (Lipinski definition) is 3. The molecule has 1 saturated heterocycles. The third kappa shape index (κ3) is 4.84. The Bertz CT molecular complexity index is 809. The van der Waals surface area contributed by atoms with E-state index in [0.29, 0.717) is 23.7 Å². The number of carbonyl (C=O) groups is 2. The molecule has 0 bridgehead atoms. The molecule has 0 aromatic heterocycles. The van der Waals surface area contributed by atoms with E-state index in [0.717, 1.165) is 24.2 Å². The van der Waals surface area contributed by atoms with Gasteiger partial charge in [0.25, 0.3) is 0 Å². The number of anilines is 2. The van der Waals surface area contributed by atoms with Crippen molar-refractivity contribution in [1.82, 2.24) is 4.90 Å². The monoisotopic (exact) mass is 371 g/mol. The quantitative estimate of drug-likeness (QED) is 0.845. The molecule has 2 aromatic rings. The van der Waals surface area contributed by atoms with Crippen molar-refractivity contribution in [1.29, 1.82) is 0 Å². The molecule has 0 saturated carbocycles. The lowest BCUT2D eigenvalue weighted by atomic mass is 10.2. The van der Waals surface area contributed by atoms with E-state index in [9.17, 15) is 9.59 Å². The van der Waals surface area contributed by atoms with Gasteiger partial charge < -0.3 is 10.2 Å². The maximum absolute atomic E-state index is 12.3. The van der Waals surface area contributed by atoms with Gasteiger partial charge in [-0.05, 0) is 49.4 Å². The van der Waals surface area contributed by atoms with Crippen molar-refractivity contribution in [3.8, 4) is 0 Å². The Balaban J connectivity index is 1.57. The number of hydrogen-bond donors (Lipinski definition) is 1. The van der Waals surface area contributed by atoms with Crippen LogP contribution in [0, 0.1) is 0 Å². The fourth-order valence-corrected chi connectivity index (χ4v) is 3.33. The number of amides is 2. The van der Waals surface area contributed by atoms with Gasteiger partial charge in [-0.1, -0.05) is 29.8 Å². The van der Waals surface area contributed by atoms with Crippen LogP contribution in [0.25, 0.3) is 0 Å². The third-order valence-electron chi connectivity index (χ3n) is 4.27. The van der Waals surface area contributed by atoms with Gasteiger partial charge in [-0.3, -0.25) is 14.5 Å². The molecule has 2 aromatic carbocycles. The van der Waals surface area contributed by atoms with Crippen LogP contribution in [0.15, 0.2) is 48.5 Å². The summed E-state index contributed by atoms with van der Waals surface area (Å²) >= 11 is 5.99. The Morgan fingerprint density at radius 1 is 1.23 bits per heavy atom. The van der Waals surface area contributed by atoms with Gasteiger partial charge in [0, 0.05) is 35.9 Å². The minimum Gasteiger partial charge on any atom is -0.325 e. The number of nitrogens with one attached hydrogen (secondary N) is 1. The average Bonchev–Trinajstić information content (AvgIpc) is 3.01. The zero-order valence-electron chi connectivity index (χ0n) is 14.7. The molecule has 1 N–H and O–H groups in total. The summed E-state index contributed by atoms with van der Waals surface area (Å²) in [6.07, 6.45) is 1.47. The van der Waals surface area contributed by atoms with Crippen LogP contribution in [-0.4, -0.2) is 36.9 Å². The molecule has 0 radical (unpaired) electrons. The molecule has 0 atom stereocenters. The minimum absolute atomic E-state index is 0.0978. The summed E-state index contributed by atoms with van der Waals surface area (Å²) in [7, 11) is 1.89. The predicted molar refractivity (Wildman–Crippen MR) is 104 cm³/mol. The van der Waals surface area contributed by atoms with Gasteiger partial charge in [0.1, 0.15) is 0 Å². The van der Waals surface area contributed by atoms with Crippen molar-refractivity contribution in [2.24, 2.45) is 0 Å². The van der Waals surface area contributed by atoms with Crippen LogP contribution >= 0.6 is 11.6 Å². The molecule has 1 heterocycles. The molecular weight excluding hydrogens is 350 g/mol. The van der Waals surface area contributed by atoms with Crippen LogP contribution in [0.4, 0.5) is 11.4 Å². The van der Waals surface area contributed by atoms with E-state index in [1.54, 1.807) is 4.90 Å². The topological polar surface area (TPSA) is 52.7 Å². The first-order valence-corrected chi connectivity index (χ1v) is 9.02. The summed E-state index contributed by atoms with van der Waals surface area (Å²) in [5.74, 6) is 0.0363. The highest BCUT2D eigenvalue weighted by Gasteiger charge is 2.21. The number of carbonyl (C=O) groups excluding carboxylic acids is 2. The molecule has 1 aliphatic rings. The first-order chi connectivity index (χ1) is 12.5. The second-order valence-corrected chi connectivity index (χ2v) is 6.99. The summed E-state index contributed by atoms with van der Waals surface area (Å²) in [6.45, 7) is 1.63. The fourth-order valence-electron chi connectivity index (χ4n) is 3.12. The highest BCUT2D eigenvalue weighted by atomic mass is 35.5. The molecule has 136 valence electrons. The summed E-state index contributed by atoms with van der Waals surface area (Å²) in [6, 6.07) is 15.0. The molecule has 3 rings (SSSR count). The lowest BCUT2D eigenvalue weighted by Crippen LogP contribution is -2.30. The van der Waals surface area contributed by atoms with E-state index < -0.39 is 0 Å². The largest absolute Gasteiger partial charge is 0.325 e. The average molecular weight is 372 g/mol. The predicted octanol–water partition coefficient (Wildman–Crippen LogP) is 3.54. The maximum Gasteiger partial charge on any atom is 0.238 e. The molecular formula is C20H22ClN3O2. The second kappa shape index (κ2) is 8.34. The summed E-state index contributed by atoms with van der Waals surface area (Å²) in [5.41, 5.74) is 2.59. The van der Waals surface area contributed by atoms with E-state index in [1.807, 2.05) is 60.5 Å². The number of halogens is 1. The van der Waals surface area contributed by atoms with Crippen molar-refractivity contribution in [2.45, 2.75) is 19.4 Å². The van der Waals surface area contributed by atoms with Gasteiger partial charge in [-0.25, -0.2) is 0 Å². The molecule has 0 spiro atoms. The van der Waals surface area contributed by atoms with Crippen LogP contribution < -0.4 is 10.2 Å². The van der Waals surface area contributed by atoms with E-state index in [-0.39, 0.29) is 18.4 Å². The first kappa shape index (κ1) is 18.4. The smallest absolute Gasteiger partial charge is 0.238 e. The Labute approximate surface area is 158 Å². The second-order valence-electron chi connectivity index (χ2n) is 6.55. The van der Waals surface area contributed by atoms with Gasteiger partial charge in [0.15, 0.2) is 0 Å². The summed E-state index contributed by atoms with van der Waals surface area (Å²) in [5, 5.41) is 3.59. The zero-order chi connectivity index (χ0) is 18.5. The van der Waals surface area contributed by atoms with Crippen molar-refractivity contribution in [3.05, 3.63) is 59.1 Å². The maximum atomic E-state index is 12.3. The molecule has 1 aliphatic heterocycles. The molecule has 26 heavy (non-hydrogen) atoms. The van der Waals surface area contributed by atoms with Crippen LogP contribution in [0.2, 0.25) is 5.02 Å². The fraction of sp³-hybridized carbons (Fsp3) is 0.300. The number of rotatable bonds is 6. The SMILES string of the molecule is CN(CC(=O)Nc1cccc(N2CCCC2=O)c1)Cc1cccc(Cl)c1. The number of benzene rings is 2. The third-order valence-corrected chi connectivity index (χ3v) is 4.51. The lowest BCUT2D eigenvalue weighted by molar-refractivity contribution is -0.117. The van der Waals surface area contributed by atoms with E-state index in [2.05, 4.69) is 5.32 Å². The first-order valence-electron chi connectivity index (χ1n) is 8.64. The van der Waals surface area contributed by atoms with E-state index >= 15 is 0 Å². The van der Waals surface area contributed by atoms with E-state index in [4.69, 9.17) is 11.6 Å². The van der Waals surface area contributed by atoms with Crippen molar-refractivity contribution < 1.29 is 9.59 Å². The van der Waals surface area contributed by atoms with Crippen molar-refractivity contribution in [2.75, 3.05) is 30.4 Å². The van der Waals surface area contributed by atoms with Crippen LogP contribution in [0.1, 0.15) is 18.4 Å². The molecule has 0 unspecified atom stereocenters. The number of likely N-dealkylation sites (N-methyl/N-ethyl adjacent to an activating group) is 1. The van der Waals surface area contributed by atoms with Crippen LogP contribution in [0.3, 0.4) is 0 Å². The van der Waals surface area contributed by atoms with Gasteiger partial charge in [0.2, 0.25) is 11.8 Å². The van der Waals surface area contributed by atoms with Crippen LogP contribution in [-0.2, 0) is 16.1 Å².